The van der Waals surface area contributed by atoms with E-state index in [4.69, 9.17) is 23.9 Å². The maximum atomic E-state index is 13.7. The molecule has 0 spiro atoms. The second-order valence-corrected chi connectivity index (χ2v) is 12.4. The van der Waals surface area contributed by atoms with Crippen LogP contribution >= 0.6 is 0 Å². The predicted molar refractivity (Wildman–Crippen MR) is 150 cm³/mol. The van der Waals surface area contributed by atoms with Crippen molar-refractivity contribution in [1.29, 1.82) is 0 Å². The molecule has 1 amide bonds. The minimum atomic E-state index is -1.92. The number of hydrogen-bond donors (Lipinski definition) is 2. The van der Waals surface area contributed by atoms with Gasteiger partial charge in [0.2, 0.25) is 12.7 Å². The van der Waals surface area contributed by atoms with Gasteiger partial charge in [-0.3, -0.25) is 9.59 Å². The van der Waals surface area contributed by atoms with Gasteiger partial charge in [0.15, 0.2) is 17.1 Å². The van der Waals surface area contributed by atoms with Crippen molar-refractivity contribution in [2.45, 2.75) is 84.0 Å². The van der Waals surface area contributed by atoms with Crippen molar-refractivity contribution in [2.24, 2.45) is 5.92 Å². The zero-order valence-electron chi connectivity index (χ0n) is 24.0. The molecule has 11 heteroatoms. The Balaban J connectivity index is 1.35. The van der Waals surface area contributed by atoms with Gasteiger partial charge in [-0.2, -0.15) is 0 Å². The molecule has 2 aromatic heterocycles. The third kappa shape index (κ3) is 4.17. The van der Waals surface area contributed by atoms with E-state index < -0.39 is 23.3 Å². The molecule has 2 N–H and O–H groups in total. The van der Waals surface area contributed by atoms with E-state index >= 15 is 0 Å². The summed E-state index contributed by atoms with van der Waals surface area (Å²) in [7, 11) is 0. The first-order valence-corrected chi connectivity index (χ1v) is 14.4. The minimum absolute atomic E-state index is 0.0548. The first kappa shape index (κ1) is 26.9. The SMILES string of the molecule is CC[C@@]1(O)C(=O)OCc2c1cc1n(c2=O)Cc2c-1nc1cc3c(cc1c2CNC(=O)[C@@H](OC(C)(C)C)C1CC1)OCO3. The lowest BCUT2D eigenvalue weighted by Crippen LogP contribution is -2.44. The molecule has 0 radical (unpaired) electrons. The molecule has 3 aliphatic heterocycles. The second-order valence-electron chi connectivity index (χ2n) is 12.4. The Hall–Kier alpha value is -3.96. The summed E-state index contributed by atoms with van der Waals surface area (Å²) >= 11 is 0. The molecule has 4 aliphatic rings. The average Bonchev–Trinajstić information content (AvgIpc) is 3.58. The van der Waals surface area contributed by atoms with Crippen LogP contribution in [-0.4, -0.2) is 45.0 Å². The smallest absolute Gasteiger partial charge is 0.343 e. The van der Waals surface area contributed by atoms with Crippen LogP contribution in [0.4, 0.5) is 0 Å². The first-order chi connectivity index (χ1) is 20.0. The van der Waals surface area contributed by atoms with E-state index in [0.717, 1.165) is 29.4 Å². The third-order valence-corrected chi connectivity index (χ3v) is 8.53. The number of carbonyl (C=O) groups is 2. The standard InChI is InChI=1S/C31H33N3O8/c1-5-31(38)20-9-22-25-18(12-34(22)28(36)19(20)13-39-29(31)37)17(16-8-23-24(41-14-40-23)10-21(16)33-25)11-32-27(35)26(15-6-7-15)42-30(2,3)4/h8-10,15,26,38H,5-7,11-14H2,1-4H3,(H,32,35)/t26-,31-/m0/s1. The average molecular weight is 576 g/mol. The molecule has 1 saturated carbocycles. The second kappa shape index (κ2) is 9.27. The van der Waals surface area contributed by atoms with Crippen LogP contribution in [-0.2, 0) is 44.4 Å². The number of amides is 1. The molecule has 1 aliphatic carbocycles. The molecule has 0 bridgehead atoms. The summed E-state index contributed by atoms with van der Waals surface area (Å²) in [6.07, 6.45) is 1.40. The maximum Gasteiger partial charge on any atom is 0.343 e. The van der Waals surface area contributed by atoms with Gasteiger partial charge in [-0.15, -0.1) is 0 Å². The lowest BCUT2D eigenvalue weighted by Gasteiger charge is -2.31. The van der Waals surface area contributed by atoms with E-state index in [1.54, 1.807) is 23.6 Å². The number of benzene rings is 1. The summed E-state index contributed by atoms with van der Waals surface area (Å²) in [6, 6.07) is 5.33. The number of rotatable bonds is 6. The normalized spacial score (nSPS) is 21.0. The van der Waals surface area contributed by atoms with Gasteiger partial charge in [-0.1, -0.05) is 6.92 Å². The summed E-state index contributed by atoms with van der Waals surface area (Å²) in [5, 5.41) is 15.1. The Morgan fingerprint density at radius 3 is 2.60 bits per heavy atom. The number of carbonyl (C=O) groups excluding carboxylic acids is 2. The molecule has 7 rings (SSSR count). The molecule has 0 saturated heterocycles. The summed E-state index contributed by atoms with van der Waals surface area (Å²) < 4.78 is 24.2. The number of nitrogens with zero attached hydrogens (tertiary/aromatic N) is 2. The van der Waals surface area contributed by atoms with Crippen LogP contribution in [0.25, 0.3) is 22.3 Å². The number of pyridine rings is 2. The number of aromatic nitrogens is 2. The Labute approximate surface area is 241 Å². The van der Waals surface area contributed by atoms with Crippen molar-refractivity contribution < 1.29 is 33.6 Å². The lowest BCUT2D eigenvalue weighted by molar-refractivity contribution is -0.172. The summed E-state index contributed by atoms with van der Waals surface area (Å²) in [5.74, 6) is 0.371. The monoisotopic (exact) mass is 575 g/mol. The number of aliphatic hydroxyl groups is 1. The van der Waals surface area contributed by atoms with Gasteiger partial charge in [-0.05, 0) is 63.6 Å². The van der Waals surface area contributed by atoms with Crippen LogP contribution in [0.2, 0.25) is 0 Å². The number of nitrogens with one attached hydrogen (secondary N) is 1. The van der Waals surface area contributed by atoms with Crippen molar-refractivity contribution in [2.75, 3.05) is 6.79 Å². The largest absolute Gasteiger partial charge is 0.458 e. The number of hydrogen-bond acceptors (Lipinski definition) is 9. The van der Waals surface area contributed by atoms with Crippen LogP contribution < -0.4 is 20.3 Å². The Bertz CT molecular complexity index is 1740. The van der Waals surface area contributed by atoms with Gasteiger partial charge in [0, 0.05) is 29.1 Å². The molecule has 1 aromatic carbocycles. The van der Waals surface area contributed by atoms with Gasteiger partial charge in [-0.25, -0.2) is 9.78 Å². The van der Waals surface area contributed by atoms with E-state index in [-0.39, 0.29) is 61.4 Å². The van der Waals surface area contributed by atoms with Crippen molar-refractivity contribution in [1.82, 2.24) is 14.9 Å². The van der Waals surface area contributed by atoms with Crippen molar-refractivity contribution in [3.8, 4) is 22.9 Å². The van der Waals surface area contributed by atoms with Crippen LogP contribution in [0.3, 0.4) is 0 Å². The highest BCUT2D eigenvalue weighted by atomic mass is 16.7. The zero-order chi connectivity index (χ0) is 29.6. The molecule has 3 aromatic rings. The highest BCUT2D eigenvalue weighted by Gasteiger charge is 2.46. The minimum Gasteiger partial charge on any atom is -0.458 e. The molecule has 42 heavy (non-hydrogen) atoms. The van der Waals surface area contributed by atoms with Gasteiger partial charge >= 0.3 is 5.97 Å². The van der Waals surface area contributed by atoms with E-state index in [1.807, 2.05) is 26.8 Å². The molecule has 1 fully saturated rings. The molecule has 5 heterocycles. The zero-order valence-corrected chi connectivity index (χ0v) is 24.0. The summed E-state index contributed by atoms with van der Waals surface area (Å²) in [4.78, 5) is 44.7. The van der Waals surface area contributed by atoms with Gasteiger partial charge in [0.05, 0.1) is 34.6 Å². The van der Waals surface area contributed by atoms with Crippen LogP contribution in [0.5, 0.6) is 11.5 Å². The number of ether oxygens (including phenoxy) is 4. The quantitative estimate of drug-likeness (QED) is 0.332. The molecule has 220 valence electrons. The number of esters is 1. The van der Waals surface area contributed by atoms with Crippen LogP contribution in [0.15, 0.2) is 23.0 Å². The highest BCUT2D eigenvalue weighted by molar-refractivity contribution is 5.92. The van der Waals surface area contributed by atoms with Crippen molar-refractivity contribution in [3.63, 3.8) is 0 Å². The summed E-state index contributed by atoms with van der Waals surface area (Å²) in [5.41, 5.74) is 0.981. The fourth-order valence-electron chi connectivity index (χ4n) is 6.17. The van der Waals surface area contributed by atoms with E-state index in [2.05, 4.69) is 5.32 Å². The Kier molecular flexibility index (Phi) is 5.94. The van der Waals surface area contributed by atoms with E-state index in [0.29, 0.717) is 28.4 Å². The van der Waals surface area contributed by atoms with Gasteiger partial charge in [0.25, 0.3) is 5.56 Å². The molecule has 2 atom stereocenters. The lowest BCUT2D eigenvalue weighted by atomic mass is 9.86. The van der Waals surface area contributed by atoms with E-state index in [1.165, 1.54) is 0 Å². The van der Waals surface area contributed by atoms with Crippen LogP contribution in [0, 0.1) is 5.92 Å². The maximum absolute atomic E-state index is 13.7. The molecular weight excluding hydrogens is 542 g/mol. The van der Waals surface area contributed by atoms with Gasteiger partial charge in [0.1, 0.15) is 12.7 Å². The predicted octanol–water partition coefficient (Wildman–Crippen LogP) is 3.02. The highest BCUT2D eigenvalue weighted by Crippen LogP contribution is 2.43. The van der Waals surface area contributed by atoms with Crippen LogP contribution in [0.1, 0.15) is 69.2 Å². The molecular formula is C31H33N3O8. The molecule has 11 nitrogen and oxygen atoms in total. The topological polar surface area (TPSA) is 138 Å². The van der Waals surface area contributed by atoms with Gasteiger partial charge < -0.3 is 33.9 Å². The Morgan fingerprint density at radius 1 is 1.17 bits per heavy atom. The third-order valence-electron chi connectivity index (χ3n) is 8.53. The Morgan fingerprint density at radius 2 is 1.90 bits per heavy atom. The number of fused-ring (bicyclic) bond motifs is 6. The summed E-state index contributed by atoms with van der Waals surface area (Å²) in [6.45, 7) is 7.77. The first-order valence-electron chi connectivity index (χ1n) is 14.4. The van der Waals surface area contributed by atoms with E-state index in [9.17, 15) is 19.5 Å². The fraction of sp³-hybridized carbons (Fsp3) is 0.484. The number of cyclic esters (lactones) is 1. The van der Waals surface area contributed by atoms with Crippen molar-refractivity contribution >= 4 is 22.8 Å². The fourth-order valence-corrected chi connectivity index (χ4v) is 6.17. The molecule has 0 unspecified atom stereocenters. The van der Waals surface area contributed by atoms with Crippen molar-refractivity contribution in [3.05, 3.63) is 50.8 Å².